The van der Waals surface area contributed by atoms with Gasteiger partial charge in [-0.15, -0.1) is 10.2 Å². The second-order valence-electron chi connectivity index (χ2n) is 3.06. The molecule has 0 radical (unpaired) electrons. The third-order valence-corrected chi connectivity index (χ3v) is 5.83. The molecule has 17 heavy (non-hydrogen) atoms. The number of rotatable bonds is 4. The van der Waals surface area contributed by atoms with Crippen LogP contribution in [-0.2, 0) is 6.54 Å². The summed E-state index contributed by atoms with van der Waals surface area (Å²) in [5, 5.41) is 8.22. The second-order valence-corrected chi connectivity index (χ2v) is 7.24. The van der Waals surface area contributed by atoms with E-state index in [1.54, 1.807) is 34.9 Å². The van der Waals surface area contributed by atoms with Crippen molar-refractivity contribution in [2.24, 2.45) is 5.73 Å². The lowest BCUT2D eigenvalue weighted by Crippen LogP contribution is -1.99. The molecule has 7 heteroatoms. The van der Waals surface area contributed by atoms with Crippen LogP contribution in [0.3, 0.4) is 0 Å². The van der Waals surface area contributed by atoms with E-state index in [9.17, 15) is 0 Å². The first-order valence-electron chi connectivity index (χ1n) is 4.77. The predicted molar refractivity (Wildman–Crippen MR) is 77.8 cm³/mol. The van der Waals surface area contributed by atoms with Crippen LogP contribution in [0.4, 0.5) is 0 Å². The highest BCUT2D eigenvalue weighted by Gasteiger charge is 2.10. The van der Waals surface area contributed by atoms with Crippen LogP contribution in [0.15, 0.2) is 36.2 Å². The molecule has 3 nitrogen and oxygen atoms in total. The Labute approximate surface area is 121 Å². The number of halogens is 1. The van der Waals surface area contributed by atoms with Crippen LogP contribution in [0.1, 0.15) is 5.56 Å². The van der Waals surface area contributed by atoms with Crippen LogP contribution >= 0.6 is 50.8 Å². The Balaban J connectivity index is 2.26. The van der Waals surface area contributed by atoms with E-state index in [0.717, 1.165) is 23.6 Å². The fourth-order valence-corrected chi connectivity index (χ4v) is 4.48. The van der Waals surface area contributed by atoms with Crippen LogP contribution in [0.25, 0.3) is 0 Å². The maximum Gasteiger partial charge on any atom is 0.179 e. The first-order valence-corrected chi connectivity index (χ1v) is 8.42. The van der Waals surface area contributed by atoms with Crippen molar-refractivity contribution < 1.29 is 0 Å². The number of nitrogens with zero attached hydrogens (tertiary/aromatic N) is 2. The number of thioether (sulfide) groups is 1. The summed E-state index contributed by atoms with van der Waals surface area (Å²) in [6, 6.07) is 6.06. The molecule has 2 aromatic rings. The van der Waals surface area contributed by atoms with Crippen LogP contribution in [0.2, 0.25) is 0 Å². The van der Waals surface area contributed by atoms with Gasteiger partial charge in [0.15, 0.2) is 8.68 Å². The number of benzene rings is 1. The van der Waals surface area contributed by atoms with E-state index in [2.05, 4.69) is 32.2 Å². The summed E-state index contributed by atoms with van der Waals surface area (Å²) in [6.07, 6.45) is 2.00. The average Bonchev–Trinajstić information content (AvgIpc) is 2.77. The molecule has 1 heterocycles. The van der Waals surface area contributed by atoms with Gasteiger partial charge < -0.3 is 5.73 Å². The largest absolute Gasteiger partial charge is 0.326 e. The van der Waals surface area contributed by atoms with Crippen molar-refractivity contribution in [2.75, 3.05) is 6.26 Å². The summed E-state index contributed by atoms with van der Waals surface area (Å²) in [5.41, 5.74) is 6.87. The Morgan fingerprint density at radius 2 is 2.12 bits per heavy atom. The van der Waals surface area contributed by atoms with E-state index in [1.807, 2.05) is 18.4 Å². The van der Waals surface area contributed by atoms with Gasteiger partial charge >= 0.3 is 0 Å². The summed E-state index contributed by atoms with van der Waals surface area (Å²) in [5.74, 6) is 0. The smallest absolute Gasteiger partial charge is 0.179 e. The fourth-order valence-electron chi connectivity index (χ4n) is 1.25. The highest BCUT2D eigenvalue weighted by Crippen LogP contribution is 2.36. The van der Waals surface area contributed by atoms with Crippen molar-refractivity contribution in [3.63, 3.8) is 0 Å². The van der Waals surface area contributed by atoms with Crippen LogP contribution in [0, 0.1) is 0 Å². The maximum atomic E-state index is 5.76. The van der Waals surface area contributed by atoms with E-state index >= 15 is 0 Å². The molecule has 0 spiro atoms. The summed E-state index contributed by atoms with van der Waals surface area (Å²) < 4.78 is 2.97. The Kier molecular flexibility index (Phi) is 4.87. The molecule has 0 aliphatic rings. The monoisotopic (exact) mass is 347 g/mol. The molecule has 1 aromatic carbocycles. The van der Waals surface area contributed by atoms with Crippen LogP contribution in [-0.4, -0.2) is 16.5 Å². The standard InChI is InChI=1S/C10H10BrN3S3/c1-15-9-13-14-10(17-9)16-8-4-2-3-7(11)6(8)5-12/h2-4H,5,12H2,1H3. The molecule has 0 aliphatic heterocycles. The Morgan fingerprint density at radius 1 is 1.35 bits per heavy atom. The third-order valence-electron chi connectivity index (χ3n) is 2.04. The molecule has 0 bridgehead atoms. The average molecular weight is 348 g/mol. The van der Waals surface area contributed by atoms with Gasteiger partial charge in [0.2, 0.25) is 0 Å². The van der Waals surface area contributed by atoms with Crippen molar-refractivity contribution in [1.82, 2.24) is 10.2 Å². The van der Waals surface area contributed by atoms with E-state index in [-0.39, 0.29) is 0 Å². The van der Waals surface area contributed by atoms with E-state index in [0.29, 0.717) is 6.54 Å². The van der Waals surface area contributed by atoms with Gasteiger partial charge in [0, 0.05) is 15.9 Å². The fraction of sp³-hybridized carbons (Fsp3) is 0.200. The topological polar surface area (TPSA) is 51.8 Å². The molecule has 1 aromatic heterocycles. The van der Waals surface area contributed by atoms with Gasteiger partial charge in [0.1, 0.15) is 0 Å². The third kappa shape index (κ3) is 3.23. The molecule has 0 unspecified atom stereocenters. The quantitative estimate of drug-likeness (QED) is 0.855. The number of aromatic nitrogens is 2. The molecular weight excluding hydrogens is 338 g/mol. The van der Waals surface area contributed by atoms with Crippen molar-refractivity contribution >= 4 is 50.8 Å². The van der Waals surface area contributed by atoms with Crippen LogP contribution in [0.5, 0.6) is 0 Å². The molecule has 0 aliphatic carbocycles. The van der Waals surface area contributed by atoms with Gasteiger partial charge in [0.05, 0.1) is 0 Å². The van der Waals surface area contributed by atoms with Crippen molar-refractivity contribution in [1.29, 1.82) is 0 Å². The summed E-state index contributed by atoms with van der Waals surface area (Å²) in [4.78, 5) is 1.13. The highest BCUT2D eigenvalue weighted by molar-refractivity contribution is 9.10. The lowest BCUT2D eigenvalue weighted by atomic mass is 10.2. The van der Waals surface area contributed by atoms with Gasteiger partial charge in [-0.2, -0.15) is 0 Å². The molecule has 0 fully saturated rings. The van der Waals surface area contributed by atoms with Crippen LogP contribution < -0.4 is 5.73 Å². The Hall–Kier alpha value is -0.0800. The van der Waals surface area contributed by atoms with Gasteiger partial charge in [-0.25, -0.2) is 0 Å². The van der Waals surface area contributed by atoms with Crippen molar-refractivity contribution in [3.05, 3.63) is 28.2 Å². The van der Waals surface area contributed by atoms with E-state index < -0.39 is 0 Å². The molecule has 0 saturated heterocycles. The lowest BCUT2D eigenvalue weighted by Gasteiger charge is -2.06. The second kappa shape index (κ2) is 6.19. The first-order chi connectivity index (χ1) is 8.24. The van der Waals surface area contributed by atoms with Gasteiger partial charge in [0.25, 0.3) is 0 Å². The predicted octanol–water partition coefficient (Wildman–Crippen LogP) is 3.63. The zero-order valence-electron chi connectivity index (χ0n) is 9.01. The molecular formula is C10H10BrN3S3. The normalized spacial score (nSPS) is 10.8. The zero-order valence-corrected chi connectivity index (χ0v) is 13.0. The maximum absolute atomic E-state index is 5.76. The SMILES string of the molecule is CSc1nnc(Sc2cccc(Br)c2CN)s1. The van der Waals surface area contributed by atoms with E-state index in [1.165, 1.54) is 0 Å². The number of hydrogen-bond donors (Lipinski definition) is 1. The number of hydrogen-bond acceptors (Lipinski definition) is 6. The van der Waals surface area contributed by atoms with Gasteiger partial charge in [-0.05, 0) is 24.0 Å². The Bertz CT molecular complexity index is 515. The Morgan fingerprint density at radius 3 is 2.76 bits per heavy atom. The van der Waals surface area contributed by atoms with Crippen molar-refractivity contribution in [3.8, 4) is 0 Å². The molecule has 2 N–H and O–H groups in total. The summed E-state index contributed by atoms with van der Waals surface area (Å²) >= 11 is 8.33. The zero-order chi connectivity index (χ0) is 12.3. The molecule has 2 rings (SSSR count). The highest BCUT2D eigenvalue weighted by atomic mass is 79.9. The molecule has 90 valence electrons. The van der Waals surface area contributed by atoms with Gasteiger partial charge in [-0.1, -0.05) is 56.9 Å². The summed E-state index contributed by atoms with van der Waals surface area (Å²) in [7, 11) is 0. The van der Waals surface area contributed by atoms with Crippen molar-refractivity contribution in [2.45, 2.75) is 20.1 Å². The first kappa shape index (κ1) is 13.4. The minimum Gasteiger partial charge on any atom is -0.326 e. The molecule has 0 atom stereocenters. The van der Waals surface area contributed by atoms with E-state index in [4.69, 9.17) is 5.73 Å². The summed E-state index contributed by atoms with van der Waals surface area (Å²) in [6.45, 7) is 0.512. The minimum atomic E-state index is 0.512. The molecule has 0 saturated carbocycles. The minimum absolute atomic E-state index is 0.512. The molecule has 0 amide bonds. The van der Waals surface area contributed by atoms with Gasteiger partial charge in [-0.3, -0.25) is 0 Å². The lowest BCUT2D eigenvalue weighted by molar-refractivity contribution is 0.953. The number of nitrogens with two attached hydrogens (primary N) is 1.